The van der Waals surface area contributed by atoms with Gasteiger partial charge in [-0.25, -0.2) is 4.57 Å². The topological polar surface area (TPSA) is 91.3 Å². The Hall–Kier alpha value is -2.84. The first-order valence-electron chi connectivity index (χ1n) is 12.4. The van der Waals surface area contributed by atoms with E-state index < -0.39 is 25.5 Å². The van der Waals surface area contributed by atoms with Crippen molar-refractivity contribution in [3.05, 3.63) is 108 Å². The molecule has 1 unspecified atom stereocenters. The molecule has 2 atom stereocenters. The Morgan fingerprint density at radius 3 is 1.66 bits per heavy atom. The van der Waals surface area contributed by atoms with Crippen molar-refractivity contribution in [2.75, 3.05) is 47.5 Å². The number of quaternary nitrogens is 1. The van der Waals surface area contributed by atoms with Crippen LogP contribution in [0.3, 0.4) is 0 Å². The van der Waals surface area contributed by atoms with E-state index >= 15 is 0 Å². The van der Waals surface area contributed by atoms with E-state index in [1.165, 1.54) is 6.92 Å². The largest absolute Gasteiger partial charge is 0.472 e. The Kier molecular flexibility index (Phi) is 10.4. The van der Waals surface area contributed by atoms with Gasteiger partial charge in [0.2, 0.25) is 0 Å². The second-order valence-corrected chi connectivity index (χ2v) is 11.4. The minimum absolute atomic E-state index is 0.0329. The zero-order chi connectivity index (χ0) is 27.7. The zero-order valence-electron chi connectivity index (χ0n) is 22.4. The van der Waals surface area contributed by atoms with E-state index in [2.05, 4.69) is 0 Å². The fraction of sp³-hybridized carbons (Fsp3) is 0.345. The van der Waals surface area contributed by atoms with Gasteiger partial charge >= 0.3 is 13.8 Å². The molecule has 0 aromatic heterocycles. The molecule has 0 aliphatic rings. The third kappa shape index (κ3) is 8.60. The van der Waals surface area contributed by atoms with Crippen molar-refractivity contribution in [2.45, 2.75) is 18.6 Å². The minimum Gasteiger partial charge on any atom is -0.458 e. The van der Waals surface area contributed by atoms with Crippen LogP contribution >= 0.6 is 7.82 Å². The molecule has 204 valence electrons. The molecular formula is C29H37NO7P+. The first-order chi connectivity index (χ1) is 18.0. The van der Waals surface area contributed by atoms with Crippen LogP contribution in [0.1, 0.15) is 23.6 Å². The number of rotatable bonds is 14. The maximum Gasteiger partial charge on any atom is 0.472 e. The van der Waals surface area contributed by atoms with Crippen LogP contribution < -0.4 is 0 Å². The van der Waals surface area contributed by atoms with E-state index in [-0.39, 0.29) is 19.8 Å². The zero-order valence-corrected chi connectivity index (χ0v) is 23.3. The molecule has 3 aromatic rings. The van der Waals surface area contributed by atoms with Crippen LogP contribution in [0.15, 0.2) is 91.0 Å². The van der Waals surface area contributed by atoms with Gasteiger partial charge in [0, 0.05) is 6.92 Å². The fourth-order valence-corrected chi connectivity index (χ4v) is 4.72. The van der Waals surface area contributed by atoms with Crippen molar-refractivity contribution >= 4 is 13.8 Å². The highest BCUT2D eigenvalue weighted by Crippen LogP contribution is 2.44. The number of likely N-dealkylation sites (N-methyl/N-ethyl adjacent to an activating group) is 1. The molecule has 0 amide bonds. The molecule has 0 fully saturated rings. The molecule has 0 bridgehead atoms. The quantitative estimate of drug-likeness (QED) is 0.136. The van der Waals surface area contributed by atoms with Crippen LogP contribution in [-0.2, 0) is 33.5 Å². The lowest BCUT2D eigenvalue weighted by molar-refractivity contribution is -0.870. The molecule has 0 saturated heterocycles. The molecule has 3 aromatic carbocycles. The van der Waals surface area contributed by atoms with Gasteiger partial charge in [0.15, 0.2) is 0 Å². The molecule has 3 rings (SSSR count). The van der Waals surface area contributed by atoms with Crippen LogP contribution in [0.2, 0.25) is 0 Å². The predicted octanol–water partition coefficient (Wildman–Crippen LogP) is 4.77. The summed E-state index contributed by atoms with van der Waals surface area (Å²) in [6.45, 7) is 1.31. The lowest BCUT2D eigenvalue weighted by Crippen LogP contribution is -2.38. The summed E-state index contributed by atoms with van der Waals surface area (Å²) in [6, 6.07) is 29.2. The molecule has 0 spiro atoms. The van der Waals surface area contributed by atoms with E-state index in [0.717, 1.165) is 16.7 Å². The second-order valence-electron chi connectivity index (χ2n) is 9.93. The van der Waals surface area contributed by atoms with Crippen molar-refractivity contribution in [1.29, 1.82) is 0 Å². The number of phosphoric ester groups is 1. The Morgan fingerprint density at radius 2 is 1.26 bits per heavy atom. The van der Waals surface area contributed by atoms with Gasteiger partial charge in [-0.3, -0.25) is 13.8 Å². The lowest BCUT2D eigenvalue weighted by Gasteiger charge is -2.37. The molecule has 0 aliphatic carbocycles. The van der Waals surface area contributed by atoms with E-state index in [1.54, 1.807) is 0 Å². The summed E-state index contributed by atoms with van der Waals surface area (Å²) in [7, 11) is 1.46. The smallest absolute Gasteiger partial charge is 0.458 e. The molecule has 9 heteroatoms. The maximum absolute atomic E-state index is 12.5. The summed E-state index contributed by atoms with van der Waals surface area (Å²) in [5.41, 5.74) is 1.57. The van der Waals surface area contributed by atoms with Crippen molar-refractivity contribution in [2.24, 2.45) is 0 Å². The highest BCUT2D eigenvalue weighted by Gasteiger charge is 2.39. The molecule has 0 heterocycles. The van der Waals surface area contributed by atoms with Crippen LogP contribution in [-0.4, -0.2) is 69.0 Å². The van der Waals surface area contributed by atoms with Gasteiger partial charge < -0.3 is 18.9 Å². The number of nitrogens with zero attached hydrogens (tertiary/aromatic N) is 1. The van der Waals surface area contributed by atoms with E-state index in [1.807, 2.05) is 112 Å². The monoisotopic (exact) mass is 542 g/mol. The minimum atomic E-state index is -4.37. The van der Waals surface area contributed by atoms with Gasteiger partial charge in [-0.1, -0.05) is 91.0 Å². The van der Waals surface area contributed by atoms with Gasteiger partial charge in [0.05, 0.1) is 34.4 Å². The third-order valence-electron chi connectivity index (χ3n) is 5.80. The number of carbonyl (C=O) groups excluding carboxylic acids is 1. The van der Waals surface area contributed by atoms with Crippen LogP contribution in [0, 0.1) is 0 Å². The van der Waals surface area contributed by atoms with Crippen LogP contribution in [0.5, 0.6) is 0 Å². The fourth-order valence-electron chi connectivity index (χ4n) is 3.98. The second kappa shape index (κ2) is 13.3. The molecule has 0 aliphatic heterocycles. The number of carbonyl (C=O) groups is 1. The number of ether oxygens (including phenoxy) is 2. The molecular weight excluding hydrogens is 505 g/mol. The van der Waals surface area contributed by atoms with Crippen LogP contribution in [0.25, 0.3) is 0 Å². The Balaban J connectivity index is 1.88. The van der Waals surface area contributed by atoms with E-state index in [9.17, 15) is 14.3 Å². The molecule has 38 heavy (non-hydrogen) atoms. The van der Waals surface area contributed by atoms with Gasteiger partial charge in [0.25, 0.3) is 0 Å². The highest BCUT2D eigenvalue weighted by atomic mass is 31.2. The summed E-state index contributed by atoms with van der Waals surface area (Å²) >= 11 is 0. The van der Waals surface area contributed by atoms with Gasteiger partial charge in [-0.2, -0.15) is 0 Å². The number of benzene rings is 3. The summed E-state index contributed by atoms with van der Waals surface area (Å²) < 4.78 is 35.5. The maximum atomic E-state index is 12.5. The SMILES string of the molecule is CC(=O)O[C@H](COC(c1ccccc1)(c1ccccc1)c1ccccc1)COP(=O)(O)OCC[N+](C)(C)C. The predicted molar refractivity (Wildman–Crippen MR) is 145 cm³/mol. The lowest BCUT2D eigenvalue weighted by atomic mass is 9.80. The van der Waals surface area contributed by atoms with E-state index in [4.69, 9.17) is 18.5 Å². The molecule has 0 saturated carbocycles. The normalized spacial score (nSPS) is 14.4. The van der Waals surface area contributed by atoms with Crippen molar-refractivity contribution in [3.63, 3.8) is 0 Å². The molecule has 8 nitrogen and oxygen atoms in total. The van der Waals surface area contributed by atoms with E-state index in [0.29, 0.717) is 11.0 Å². The van der Waals surface area contributed by atoms with Crippen LogP contribution in [0.4, 0.5) is 0 Å². The molecule has 1 N–H and O–H groups in total. The Morgan fingerprint density at radius 1 is 0.816 bits per heavy atom. The summed E-state index contributed by atoms with van der Waals surface area (Å²) in [6.07, 6.45) is -0.967. The Bertz CT molecular complexity index is 1090. The summed E-state index contributed by atoms with van der Waals surface area (Å²) in [4.78, 5) is 22.1. The highest BCUT2D eigenvalue weighted by molar-refractivity contribution is 7.47. The van der Waals surface area contributed by atoms with Gasteiger partial charge in [0.1, 0.15) is 24.9 Å². The van der Waals surface area contributed by atoms with Crippen molar-refractivity contribution in [1.82, 2.24) is 0 Å². The summed E-state index contributed by atoms with van der Waals surface area (Å²) in [5, 5.41) is 0. The number of esters is 1. The van der Waals surface area contributed by atoms with Crippen molar-refractivity contribution < 1.29 is 37.3 Å². The average molecular weight is 543 g/mol. The first-order valence-corrected chi connectivity index (χ1v) is 13.9. The number of hydrogen-bond acceptors (Lipinski definition) is 6. The Labute approximate surface area is 224 Å². The standard InChI is InChI=1S/C29H36NO7P/c1-24(31)37-28(23-36-38(32,33)35-21-20-30(2,3)4)22-34-29(25-14-8-5-9-15-25,26-16-10-6-11-17-26)27-18-12-7-13-19-27/h5-19,28H,20-23H2,1-4H3/p+1/t28-/m1/s1. The molecule has 0 radical (unpaired) electrons. The van der Waals surface area contributed by atoms with Crippen molar-refractivity contribution in [3.8, 4) is 0 Å². The third-order valence-corrected chi connectivity index (χ3v) is 6.78. The van der Waals surface area contributed by atoms with Gasteiger partial charge in [-0.05, 0) is 16.7 Å². The average Bonchev–Trinajstić information content (AvgIpc) is 2.88. The first kappa shape index (κ1) is 29.7. The van der Waals surface area contributed by atoms with Gasteiger partial charge in [-0.15, -0.1) is 0 Å². The number of phosphoric acid groups is 1. The summed E-state index contributed by atoms with van der Waals surface area (Å²) in [5.74, 6) is -0.564. The number of hydrogen-bond donors (Lipinski definition) is 1.